The van der Waals surface area contributed by atoms with Gasteiger partial charge in [0.1, 0.15) is 11.2 Å². The number of thiophene rings is 1. The van der Waals surface area contributed by atoms with Gasteiger partial charge in [-0.05, 0) is 36.6 Å². The SMILES string of the molecule is CC1SC(c2cccs2)N(CCN(C)C(=O)c2cccc(F)c2)C1=O. The summed E-state index contributed by atoms with van der Waals surface area (Å²) in [6.45, 7) is 2.77. The van der Waals surface area contributed by atoms with Crippen molar-refractivity contribution < 1.29 is 14.0 Å². The van der Waals surface area contributed by atoms with Crippen molar-refractivity contribution >= 4 is 34.9 Å². The number of hydrogen-bond donors (Lipinski definition) is 0. The lowest BCUT2D eigenvalue weighted by atomic mass is 10.2. The first-order valence-corrected chi connectivity index (χ1v) is 9.80. The van der Waals surface area contributed by atoms with E-state index in [2.05, 4.69) is 0 Å². The van der Waals surface area contributed by atoms with Gasteiger partial charge in [0, 0.05) is 30.6 Å². The molecular formula is C18H19FN2O2S2. The highest BCUT2D eigenvalue weighted by molar-refractivity contribution is 8.01. The molecule has 132 valence electrons. The number of rotatable bonds is 5. The minimum Gasteiger partial charge on any atom is -0.340 e. The highest BCUT2D eigenvalue weighted by Crippen LogP contribution is 2.44. The normalized spacial score (nSPS) is 20.1. The topological polar surface area (TPSA) is 40.6 Å². The quantitative estimate of drug-likeness (QED) is 0.798. The van der Waals surface area contributed by atoms with Crippen LogP contribution in [0.15, 0.2) is 41.8 Å². The molecule has 2 atom stereocenters. The van der Waals surface area contributed by atoms with Gasteiger partial charge in [0.2, 0.25) is 5.91 Å². The van der Waals surface area contributed by atoms with Crippen molar-refractivity contribution in [2.75, 3.05) is 20.1 Å². The average Bonchev–Trinajstić information content (AvgIpc) is 3.22. The molecule has 1 aromatic carbocycles. The van der Waals surface area contributed by atoms with Crippen molar-refractivity contribution in [2.24, 2.45) is 0 Å². The smallest absolute Gasteiger partial charge is 0.253 e. The van der Waals surface area contributed by atoms with Crippen LogP contribution in [0.5, 0.6) is 0 Å². The zero-order chi connectivity index (χ0) is 18.0. The molecule has 1 aromatic heterocycles. The molecule has 2 amide bonds. The van der Waals surface area contributed by atoms with Gasteiger partial charge in [-0.3, -0.25) is 9.59 Å². The van der Waals surface area contributed by atoms with Crippen LogP contribution in [-0.4, -0.2) is 47.0 Å². The van der Waals surface area contributed by atoms with E-state index in [1.54, 1.807) is 36.2 Å². The summed E-state index contributed by atoms with van der Waals surface area (Å²) in [7, 11) is 1.67. The summed E-state index contributed by atoms with van der Waals surface area (Å²) in [5.74, 6) is -0.591. The summed E-state index contributed by atoms with van der Waals surface area (Å²) < 4.78 is 13.3. The summed E-state index contributed by atoms with van der Waals surface area (Å²) in [5.41, 5.74) is 0.313. The van der Waals surface area contributed by atoms with Crippen LogP contribution < -0.4 is 0 Å². The van der Waals surface area contributed by atoms with Gasteiger partial charge >= 0.3 is 0 Å². The van der Waals surface area contributed by atoms with Gasteiger partial charge in [-0.25, -0.2) is 4.39 Å². The minimum absolute atomic E-state index is 0.000159. The first kappa shape index (κ1) is 17.9. The van der Waals surface area contributed by atoms with E-state index < -0.39 is 5.82 Å². The van der Waals surface area contributed by atoms with Crippen LogP contribution in [0.25, 0.3) is 0 Å². The van der Waals surface area contributed by atoms with Gasteiger partial charge in [0.25, 0.3) is 5.91 Å². The maximum absolute atomic E-state index is 13.3. The second-order valence-electron chi connectivity index (χ2n) is 5.91. The van der Waals surface area contributed by atoms with Crippen molar-refractivity contribution in [1.29, 1.82) is 0 Å². The van der Waals surface area contributed by atoms with Gasteiger partial charge in [-0.1, -0.05) is 12.1 Å². The molecule has 1 aliphatic rings. The van der Waals surface area contributed by atoms with E-state index in [1.807, 2.05) is 29.3 Å². The zero-order valence-electron chi connectivity index (χ0n) is 14.0. The number of thioether (sulfide) groups is 1. The standard InChI is InChI=1S/C18H19FN2O2S2/c1-12-16(22)21(18(25-12)15-7-4-10-24-15)9-8-20(2)17(23)13-5-3-6-14(19)11-13/h3-7,10-12,18H,8-9H2,1-2H3. The third-order valence-corrected chi connectivity index (χ3v) is 6.58. The molecule has 0 radical (unpaired) electrons. The number of likely N-dealkylation sites (N-methyl/N-ethyl adjacent to an activating group) is 1. The third-order valence-electron chi connectivity index (χ3n) is 4.13. The Kier molecular flexibility index (Phi) is 5.44. The lowest BCUT2D eigenvalue weighted by molar-refractivity contribution is -0.129. The molecule has 2 unspecified atom stereocenters. The van der Waals surface area contributed by atoms with Crippen molar-refractivity contribution in [3.8, 4) is 0 Å². The highest BCUT2D eigenvalue weighted by Gasteiger charge is 2.38. The molecule has 0 N–H and O–H groups in total. The van der Waals surface area contributed by atoms with Gasteiger partial charge in [0.05, 0.1) is 5.25 Å². The lowest BCUT2D eigenvalue weighted by Gasteiger charge is -2.26. The Morgan fingerprint density at radius 1 is 1.32 bits per heavy atom. The first-order valence-electron chi connectivity index (χ1n) is 7.97. The Hall–Kier alpha value is -1.86. The fraction of sp³-hybridized carbons (Fsp3) is 0.333. The molecule has 0 bridgehead atoms. The van der Waals surface area contributed by atoms with E-state index in [1.165, 1.54) is 23.1 Å². The van der Waals surface area contributed by atoms with Gasteiger partial charge in [0.15, 0.2) is 0 Å². The maximum Gasteiger partial charge on any atom is 0.253 e. The molecule has 3 rings (SSSR count). The number of halogens is 1. The van der Waals surface area contributed by atoms with Crippen LogP contribution in [0, 0.1) is 5.82 Å². The Labute approximate surface area is 154 Å². The molecule has 1 fully saturated rings. The van der Waals surface area contributed by atoms with Crippen LogP contribution in [0.4, 0.5) is 4.39 Å². The summed E-state index contributed by atoms with van der Waals surface area (Å²) in [6, 6.07) is 9.66. The Morgan fingerprint density at radius 2 is 2.12 bits per heavy atom. The van der Waals surface area contributed by atoms with E-state index in [0.29, 0.717) is 18.7 Å². The Balaban J connectivity index is 1.66. The molecule has 2 heterocycles. The van der Waals surface area contributed by atoms with Gasteiger partial charge in [-0.15, -0.1) is 23.1 Å². The second-order valence-corrected chi connectivity index (χ2v) is 8.32. The van der Waals surface area contributed by atoms with E-state index in [0.717, 1.165) is 4.88 Å². The predicted octanol–water partition coefficient (Wildman–Crippen LogP) is 3.62. The van der Waals surface area contributed by atoms with E-state index in [4.69, 9.17) is 0 Å². The molecule has 4 nitrogen and oxygen atoms in total. The van der Waals surface area contributed by atoms with Crippen molar-refractivity contribution in [2.45, 2.75) is 17.5 Å². The second kappa shape index (κ2) is 7.58. The Morgan fingerprint density at radius 3 is 2.80 bits per heavy atom. The van der Waals surface area contributed by atoms with Crippen LogP contribution in [0.3, 0.4) is 0 Å². The number of hydrogen-bond acceptors (Lipinski definition) is 4. The number of carbonyl (C=O) groups excluding carboxylic acids is 2. The molecule has 1 saturated heterocycles. The number of carbonyl (C=O) groups is 2. The molecule has 25 heavy (non-hydrogen) atoms. The minimum atomic E-state index is -0.433. The molecule has 0 saturated carbocycles. The van der Waals surface area contributed by atoms with E-state index >= 15 is 0 Å². The van der Waals surface area contributed by atoms with Crippen LogP contribution in [0.1, 0.15) is 27.5 Å². The van der Waals surface area contributed by atoms with Crippen molar-refractivity contribution in [3.05, 3.63) is 58.0 Å². The van der Waals surface area contributed by atoms with Crippen molar-refractivity contribution in [1.82, 2.24) is 9.80 Å². The maximum atomic E-state index is 13.3. The summed E-state index contributed by atoms with van der Waals surface area (Å²) in [6.07, 6.45) is 0. The summed E-state index contributed by atoms with van der Waals surface area (Å²) in [4.78, 5) is 29.4. The summed E-state index contributed by atoms with van der Waals surface area (Å²) >= 11 is 3.26. The average molecular weight is 378 g/mol. The van der Waals surface area contributed by atoms with Crippen LogP contribution in [0.2, 0.25) is 0 Å². The number of amides is 2. The number of nitrogens with zero attached hydrogens (tertiary/aromatic N) is 2. The molecular weight excluding hydrogens is 359 g/mol. The van der Waals surface area contributed by atoms with Crippen molar-refractivity contribution in [3.63, 3.8) is 0 Å². The molecule has 2 aromatic rings. The van der Waals surface area contributed by atoms with E-state index in [9.17, 15) is 14.0 Å². The zero-order valence-corrected chi connectivity index (χ0v) is 15.6. The van der Waals surface area contributed by atoms with Gasteiger partial charge < -0.3 is 9.80 Å². The highest BCUT2D eigenvalue weighted by atomic mass is 32.2. The van der Waals surface area contributed by atoms with E-state index in [-0.39, 0.29) is 22.4 Å². The Bertz CT molecular complexity index is 766. The monoisotopic (exact) mass is 378 g/mol. The largest absolute Gasteiger partial charge is 0.340 e. The third kappa shape index (κ3) is 3.88. The van der Waals surface area contributed by atoms with Gasteiger partial charge in [-0.2, -0.15) is 0 Å². The van der Waals surface area contributed by atoms with Crippen LogP contribution in [-0.2, 0) is 4.79 Å². The lowest BCUT2D eigenvalue weighted by Crippen LogP contribution is -2.38. The summed E-state index contributed by atoms with van der Waals surface area (Å²) in [5, 5.41) is 1.91. The fourth-order valence-corrected chi connectivity index (χ4v) is 5.01. The molecule has 7 heteroatoms. The number of benzene rings is 1. The fourth-order valence-electron chi connectivity index (χ4n) is 2.76. The molecule has 0 aliphatic carbocycles. The van der Waals surface area contributed by atoms with Crippen LogP contribution >= 0.6 is 23.1 Å². The molecule has 1 aliphatic heterocycles. The molecule has 0 spiro atoms. The first-order chi connectivity index (χ1) is 12.0. The predicted molar refractivity (Wildman–Crippen MR) is 99.2 cm³/mol.